The van der Waals surface area contributed by atoms with Crippen LogP contribution < -0.4 is 5.32 Å². The molecule has 1 aliphatic carbocycles. The van der Waals surface area contributed by atoms with E-state index >= 15 is 0 Å². The van der Waals surface area contributed by atoms with Gasteiger partial charge in [0, 0.05) is 19.7 Å². The summed E-state index contributed by atoms with van der Waals surface area (Å²) in [5.74, 6) is 0. The lowest BCUT2D eigenvalue weighted by atomic mass is 9.93. The molecule has 1 aromatic carbocycles. The van der Waals surface area contributed by atoms with E-state index in [9.17, 15) is 5.11 Å². The minimum atomic E-state index is -0.0759. The minimum absolute atomic E-state index is 0.0759. The fraction of sp³-hybridized carbons (Fsp3) is 0.600. The average molecular weight is 249 g/mol. The third-order valence-electron chi connectivity index (χ3n) is 3.59. The van der Waals surface area contributed by atoms with Gasteiger partial charge in [-0.25, -0.2) is 0 Å². The van der Waals surface area contributed by atoms with Crippen molar-refractivity contribution in [1.82, 2.24) is 5.32 Å². The van der Waals surface area contributed by atoms with Gasteiger partial charge in [0.2, 0.25) is 0 Å². The first-order valence-electron chi connectivity index (χ1n) is 6.76. The van der Waals surface area contributed by atoms with Gasteiger partial charge in [0.25, 0.3) is 0 Å². The predicted octanol–water partition coefficient (Wildman–Crippen LogP) is 2.23. The second-order valence-electron chi connectivity index (χ2n) is 5.14. The lowest BCUT2D eigenvalue weighted by Gasteiger charge is -2.26. The maximum Gasteiger partial charge on any atom is 0.0713 e. The van der Waals surface area contributed by atoms with E-state index in [1.165, 1.54) is 11.1 Å². The quantitative estimate of drug-likeness (QED) is 0.841. The summed E-state index contributed by atoms with van der Waals surface area (Å²) in [4.78, 5) is 0. The molecule has 18 heavy (non-hydrogen) atoms. The molecule has 3 nitrogen and oxygen atoms in total. The van der Waals surface area contributed by atoms with Crippen LogP contribution in [0.5, 0.6) is 0 Å². The second kappa shape index (κ2) is 6.88. The Kier molecular flexibility index (Phi) is 5.17. The minimum Gasteiger partial charge on any atom is -0.393 e. The second-order valence-corrected chi connectivity index (χ2v) is 5.14. The van der Waals surface area contributed by atoms with Gasteiger partial charge in [-0.1, -0.05) is 24.3 Å². The summed E-state index contributed by atoms with van der Waals surface area (Å²) in [7, 11) is 1.72. The number of benzene rings is 1. The molecular weight excluding hydrogens is 226 g/mol. The number of hydrogen-bond donors (Lipinski definition) is 2. The zero-order chi connectivity index (χ0) is 12.8. The molecule has 1 saturated carbocycles. The van der Waals surface area contributed by atoms with Crippen molar-refractivity contribution in [2.45, 2.75) is 51.0 Å². The smallest absolute Gasteiger partial charge is 0.0713 e. The van der Waals surface area contributed by atoms with E-state index in [1.807, 2.05) is 0 Å². The molecule has 2 rings (SSSR count). The standard InChI is InChI=1S/C15H23NO2/c1-18-11-13-4-2-3-12(9-13)10-16-14-5-7-15(17)8-6-14/h2-4,9,14-17H,5-8,10-11H2,1H3. The van der Waals surface area contributed by atoms with Crippen LogP contribution in [0, 0.1) is 0 Å². The Hall–Kier alpha value is -0.900. The molecule has 2 N–H and O–H groups in total. The lowest BCUT2D eigenvalue weighted by Crippen LogP contribution is -2.34. The Labute approximate surface area is 109 Å². The Morgan fingerprint density at radius 3 is 2.67 bits per heavy atom. The van der Waals surface area contributed by atoms with Gasteiger partial charge in [-0.3, -0.25) is 0 Å². The van der Waals surface area contributed by atoms with Crippen molar-refractivity contribution in [3.05, 3.63) is 35.4 Å². The van der Waals surface area contributed by atoms with Crippen molar-refractivity contribution in [2.24, 2.45) is 0 Å². The van der Waals surface area contributed by atoms with Gasteiger partial charge in [-0.05, 0) is 36.8 Å². The van der Waals surface area contributed by atoms with Crippen molar-refractivity contribution < 1.29 is 9.84 Å². The molecule has 0 saturated heterocycles. The third kappa shape index (κ3) is 4.09. The number of hydrogen-bond acceptors (Lipinski definition) is 3. The first-order valence-corrected chi connectivity index (χ1v) is 6.76. The molecule has 1 aliphatic rings. The van der Waals surface area contributed by atoms with Crippen LogP contribution in [-0.4, -0.2) is 24.4 Å². The Bertz CT molecular complexity index is 359. The number of aliphatic hydroxyl groups excluding tert-OH is 1. The number of ether oxygens (including phenoxy) is 1. The first kappa shape index (κ1) is 13.5. The van der Waals surface area contributed by atoms with Crippen molar-refractivity contribution >= 4 is 0 Å². The van der Waals surface area contributed by atoms with Crippen LogP contribution in [0.4, 0.5) is 0 Å². The summed E-state index contributed by atoms with van der Waals surface area (Å²) in [6, 6.07) is 9.05. The fourth-order valence-corrected chi connectivity index (χ4v) is 2.54. The van der Waals surface area contributed by atoms with E-state index in [1.54, 1.807) is 7.11 Å². The van der Waals surface area contributed by atoms with Gasteiger partial charge in [-0.15, -0.1) is 0 Å². The topological polar surface area (TPSA) is 41.5 Å². The highest BCUT2D eigenvalue weighted by Crippen LogP contribution is 2.18. The molecule has 0 radical (unpaired) electrons. The molecule has 0 atom stereocenters. The highest BCUT2D eigenvalue weighted by molar-refractivity contribution is 5.22. The van der Waals surface area contributed by atoms with Crippen LogP contribution in [0.15, 0.2) is 24.3 Å². The maximum atomic E-state index is 9.47. The normalized spacial score (nSPS) is 24.1. The van der Waals surface area contributed by atoms with Gasteiger partial charge in [0.15, 0.2) is 0 Å². The number of aliphatic hydroxyl groups is 1. The van der Waals surface area contributed by atoms with Crippen molar-refractivity contribution in [1.29, 1.82) is 0 Å². The van der Waals surface area contributed by atoms with Crippen LogP contribution in [0.2, 0.25) is 0 Å². The van der Waals surface area contributed by atoms with Crippen molar-refractivity contribution in [2.75, 3.05) is 7.11 Å². The van der Waals surface area contributed by atoms with E-state index in [0.29, 0.717) is 12.6 Å². The van der Waals surface area contributed by atoms with Gasteiger partial charge < -0.3 is 15.2 Å². The molecular formula is C15H23NO2. The largest absolute Gasteiger partial charge is 0.393 e. The lowest BCUT2D eigenvalue weighted by molar-refractivity contribution is 0.116. The molecule has 0 unspecified atom stereocenters. The molecule has 0 spiro atoms. The zero-order valence-corrected chi connectivity index (χ0v) is 11.1. The highest BCUT2D eigenvalue weighted by atomic mass is 16.5. The summed E-state index contributed by atoms with van der Waals surface area (Å²) in [5, 5.41) is 13.0. The summed E-state index contributed by atoms with van der Waals surface area (Å²) in [5.41, 5.74) is 2.52. The molecule has 100 valence electrons. The van der Waals surface area contributed by atoms with Crippen molar-refractivity contribution in [3.8, 4) is 0 Å². The van der Waals surface area contributed by atoms with Gasteiger partial charge in [0.05, 0.1) is 12.7 Å². The van der Waals surface area contributed by atoms with E-state index < -0.39 is 0 Å². The summed E-state index contributed by atoms with van der Waals surface area (Å²) < 4.78 is 5.14. The fourth-order valence-electron chi connectivity index (χ4n) is 2.54. The molecule has 0 amide bonds. The number of methoxy groups -OCH3 is 1. The molecule has 0 aromatic heterocycles. The van der Waals surface area contributed by atoms with Gasteiger partial charge >= 0.3 is 0 Å². The average Bonchev–Trinajstić information content (AvgIpc) is 2.39. The van der Waals surface area contributed by atoms with Gasteiger partial charge in [0.1, 0.15) is 0 Å². The van der Waals surface area contributed by atoms with E-state index in [0.717, 1.165) is 32.2 Å². The highest BCUT2D eigenvalue weighted by Gasteiger charge is 2.18. The predicted molar refractivity (Wildman–Crippen MR) is 72.3 cm³/mol. The van der Waals surface area contributed by atoms with Crippen LogP contribution in [0.1, 0.15) is 36.8 Å². The molecule has 1 aromatic rings. The summed E-state index contributed by atoms with van der Waals surface area (Å²) >= 11 is 0. The van der Waals surface area contributed by atoms with Crippen LogP contribution in [-0.2, 0) is 17.9 Å². The first-order chi connectivity index (χ1) is 8.78. The third-order valence-corrected chi connectivity index (χ3v) is 3.59. The number of nitrogens with one attached hydrogen (secondary N) is 1. The van der Waals surface area contributed by atoms with E-state index in [-0.39, 0.29) is 6.10 Å². The van der Waals surface area contributed by atoms with Crippen molar-refractivity contribution in [3.63, 3.8) is 0 Å². The van der Waals surface area contributed by atoms with Gasteiger partial charge in [-0.2, -0.15) is 0 Å². The van der Waals surface area contributed by atoms with E-state index in [2.05, 4.69) is 29.6 Å². The Morgan fingerprint density at radius 1 is 1.22 bits per heavy atom. The monoisotopic (exact) mass is 249 g/mol. The van der Waals surface area contributed by atoms with Crippen LogP contribution in [0.25, 0.3) is 0 Å². The molecule has 3 heteroatoms. The Balaban J connectivity index is 1.80. The van der Waals surface area contributed by atoms with Crippen LogP contribution >= 0.6 is 0 Å². The van der Waals surface area contributed by atoms with Crippen LogP contribution in [0.3, 0.4) is 0 Å². The molecule has 1 fully saturated rings. The zero-order valence-electron chi connectivity index (χ0n) is 11.1. The van der Waals surface area contributed by atoms with E-state index in [4.69, 9.17) is 4.74 Å². The summed E-state index contributed by atoms with van der Waals surface area (Å²) in [6.07, 6.45) is 3.95. The molecule has 0 aliphatic heterocycles. The molecule has 0 bridgehead atoms. The summed E-state index contributed by atoms with van der Waals surface area (Å²) in [6.45, 7) is 1.57. The number of rotatable bonds is 5. The SMILES string of the molecule is COCc1cccc(CNC2CCC(O)CC2)c1. The molecule has 0 heterocycles. The Morgan fingerprint density at radius 2 is 1.94 bits per heavy atom. The maximum absolute atomic E-state index is 9.47.